The molecule has 2 rings (SSSR count). The van der Waals surface area contributed by atoms with Crippen LogP contribution in [0.25, 0.3) is 6.08 Å². The minimum Gasteiger partial charge on any atom is -0.496 e. The van der Waals surface area contributed by atoms with Gasteiger partial charge in [-0.3, -0.25) is 4.79 Å². The number of rotatable bonds is 4. The monoisotopic (exact) mass is 338 g/mol. The zero-order chi connectivity index (χ0) is 14.5. The summed E-state index contributed by atoms with van der Waals surface area (Å²) in [7, 11) is 3.47. The molecule has 0 radical (unpaired) electrons. The number of likely N-dealkylation sites (N-methyl/N-ethyl adjacent to an activating group) is 1. The van der Waals surface area contributed by atoms with Gasteiger partial charge in [0.1, 0.15) is 5.75 Å². The minimum absolute atomic E-state index is 0.0146. The van der Waals surface area contributed by atoms with E-state index in [0.717, 1.165) is 35.3 Å². The van der Waals surface area contributed by atoms with E-state index < -0.39 is 0 Å². The van der Waals surface area contributed by atoms with Crippen molar-refractivity contribution in [2.75, 3.05) is 27.2 Å². The number of amides is 1. The molecule has 1 aromatic rings. The highest BCUT2D eigenvalue weighted by atomic mass is 79.9. The fraction of sp³-hybridized carbons (Fsp3) is 0.400. The third-order valence-electron chi connectivity index (χ3n) is 3.53. The second-order valence-corrected chi connectivity index (χ2v) is 5.73. The van der Waals surface area contributed by atoms with Gasteiger partial charge < -0.3 is 15.0 Å². The van der Waals surface area contributed by atoms with Crippen LogP contribution >= 0.6 is 15.9 Å². The molecule has 1 aromatic carbocycles. The van der Waals surface area contributed by atoms with Gasteiger partial charge in [-0.05, 0) is 37.2 Å². The Morgan fingerprint density at radius 1 is 1.55 bits per heavy atom. The molecule has 1 unspecified atom stereocenters. The summed E-state index contributed by atoms with van der Waals surface area (Å²) in [5, 5.41) is 3.26. The maximum absolute atomic E-state index is 12.1. The van der Waals surface area contributed by atoms with Crippen LogP contribution in [0.15, 0.2) is 28.7 Å². The van der Waals surface area contributed by atoms with Crippen molar-refractivity contribution in [3.8, 4) is 5.75 Å². The minimum atomic E-state index is 0.0146. The average Bonchev–Trinajstić information content (AvgIpc) is 2.98. The Hall–Kier alpha value is -1.33. The molecular weight excluding hydrogens is 320 g/mol. The van der Waals surface area contributed by atoms with Gasteiger partial charge in [0, 0.05) is 35.7 Å². The molecule has 0 spiro atoms. The van der Waals surface area contributed by atoms with E-state index in [1.54, 1.807) is 24.2 Å². The van der Waals surface area contributed by atoms with Crippen molar-refractivity contribution >= 4 is 27.9 Å². The molecule has 0 bridgehead atoms. The van der Waals surface area contributed by atoms with E-state index in [-0.39, 0.29) is 11.9 Å². The van der Waals surface area contributed by atoms with Gasteiger partial charge in [-0.1, -0.05) is 15.9 Å². The van der Waals surface area contributed by atoms with Crippen molar-refractivity contribution in [2.24, 2.45) is 0 Å². The van der Waals surface area contributed by atoms with Crippen molar-refractivity contribution in [1.29, 1.82) is 0 Å². The topological polar surface area (TPSA) is 41.6 Å². The van der Waals surface area contributed by atoms with Crippen molar-refractivity contribution in [3.05, 3.63) is 34.3 Å². The van der Waals surface area contributed by atoms with Crippen molar-refractivity contribution in [3.63, 3.8) is 0 Å². The number of carbonyl (C=O) groups excluding carboxylic acids is 1. The third-order valence-corrected chi connectivity index (χ3v) is 4.02. The maximum Gasteiger partial charge on any atom is 0.246 e. The molecule has 1 atom stereocenters. The first-order chi connectivity index (χ1) is 9.61. The van der Waals surface area contributed by atoms with Crippen molar-refractivity contribution in [2.45, 2.75) is 12.5 Å². The Balaban J connectivity index is 2.08. The molecule has 1 aliphatic heterocycles. The van der Waals surface area contributed by atoms with Gasteiger partial charge in [-0.15, -0.1) is 0 Å². The van der Waals surface area contributed by atoms with E-state index in [0.29, 0.717) is 0 Å². The number of carbonyl (C=O) groups is 1. The van der Waals surface area contributed by atoms with Crippen LogP contribution in [0.4, 0.5) is 0 Å². The molecule has 1 heterocycles. The lowest BCUT2D eigenvalue weighted by molar-refractivity contribution is -0.126. The Kier molecular flexibility index (Phi) is 5.20. The molecule has 1 amide bonds. The van der Waals surface area contributed by atoms with Gasteiger partial charge in [-0.2, -0.15) is 0 Å². The van der Waals surface area contributed by atoms with Crippen LogP contribution in [0.3, 0.4) is 0 Å². The number of methoxy groups -OCH3 is 1. The summed E-state index contributed by atoms with van der Waals surface area (Å²) in [6.45, 7) is 1.85. The molecule has 1 fully saturated rings. The molecule has 5 heteroatoms. The van der Waals surface area contributed by atoms with E-state index in [1.807, 2.05) is 25.2 Å². The Morgan fingerprint density at radius 3 is 3.00 bits per heavy atom. The lowest BCUT2D eigenvalue weighted by Gasteiger charge is -2.22. The molecule has 108 valence electrons. The van der Waals surface area contributed by atoms with Gasteiger partial charge in [0.05, 0.1) is 7.11 Å². The number of benzene rings is 1. The largest absolute Gasteiger partial charge is 0.496 e. The summed E-state index contributed by atoms with van der Waals surface area (Å²) in [6, 6.07) is 6.00. The number of nitrogens with zero attached hydrogens (tertiary/aromatic N) is 1. The quantitative estimate of drug-likeness (QED) is 0.856. The molecule has 1 aliphatic rings. The maximum atomic E-state index is 12.1. The normalized spacial score (nSPS) is 18.4. The van der Waals surface area contributed by atoms with Crippen LogP contribution in [0.2, 0.25) is 0 Å². The van der Waals surface area contributed by atoms with Crippen LogP contribution in [-0.4, -0.2) is 44.1 Å². The van der Waals surface area contributed by atoms with Crippen LogP contribution in [0, 0.1) is 0 Å². The first-order valence-electron chi connectivity index (χ1n) is 6.61. The summed E-state index contributed by atoms with van der Waals surface area (Å²) in [4.78, 5) is 13.9. The molecule has 1 saturated heterocycles. The highest BCUT2D eigenvalue weighted by Gasteiger charge is 2.21. The average molecular weight is 339 g/mol. The molecular formula is C15H19BrN2O2. The second-order valence-electron chi connectivity index (χ2n) is 4.82. The molecule has 4 nitrogen and oxygen atoms in total. The SMILES string of the molecule is COc1ccc(Br)cc1C=CC(=O)N(C)C1CCNC1. The Bertz CT molecular complexity index is 511. The third kappa shape index (κ3) is 3.61. The number of nitrogens with one attached hydrogen (secondary N) is 1. The van der Waals surface area contributed by atoms with Crippen LogP contribution < -0.4 is 10.1 Å². The zero-order valence-corrected chi connectivity index (χ0v) is 13.3. The smallest absolute Gasteiger partial charge is 0.246 e. The van der Waals surface area contributed by atoms with Gasteiger partial charge >= 0.3 is 0 Å². The lowest BCUT2D eigenvalue weighted by Crippen LogP contribution is -2.37. The number of ether oxygens (including phenoxy) is 1. The first kappa shape index (κ1) is 15.1. The molecule has 20 heavy (non-hydrogen) atoms. The Morgan fingerprint density at radius 2 is 2.35 bits per heavy atom. The highest BCUT2D eigenvalue weighted by molar-refractivity contribution is 9.10. The summed E-state index contributed by atoms with van der Waals surface area (Å²) >= 11 is 3.42. The fourth-order valence-electron chi connectivity index (χ4n) is 2.26. The van der Waals surface area contributed by atoms with E-state index in [9.17, 15) is 4.79 Å². The van der Waals surface area contributed by atoms with E-state index in [1.165, 1.54) is 0 Å². The molecule has 0 aromatic heterocycles. The first-order valence-corrected chi connectivity index (χ1v) is 7.40. The van der Waals surface area contributed by atoms with Gasteiger partial charge in [0.15, 0.2) is 0 Å². The second kappa shape index (κ2) is 6.90. The fourth-order valence-corrected chi connectivity index (χ4v) is 2.64. The molecule has 0 saturated carbocycles. The van der Waals surface area contributed by atoms with Gasteiger partial charge in [0.2, 0.25) is 5.91 Å². The van der Waals surface area contributed by atoms with Crippen LogP contribution in [-0.2, 0) is 4.79 Å². The lowest BCUT2D eigenvalue weighted by atomic mass is 10.1. The molecule has 1 N–H and O–H groups in total. The van der Waals surface area contributed by atoms with Gasteiger partial charge in [0.25, 0.3) is 0 Å². The standard InChI is InChI=1S/C15H19BrN2O2/c1-18(13-7-8-17-10-13)15(19)6-3-11-9-12(16)4-5-14(11)20-2/h3-6,9,13,17H,7-8,10H2,1-2H3. The summed E-state index contributed by atoms with van der Waals surface area (Å²) in [5.41, 5.74) is 0.883. The summed E-state index contributed by atoms with van der Waals surface area (Å²) in [6.07, 6.45) is 4.41. The predicted octanol–water partition coefficient (Wildman–Crippen LogP) is 2.29. The van der Waals surface area contributed by atoms with E-state index in [2.05, 4.69) is 21.2 Å². The van der Waals surface area contributed by atoms with Crippen LogP contribution in [0.1, 0.15) is 12.0 Å². The van der Waals surface area contributed by atoms with E-state index in [4.69, 9.17) is 4.74 Å². The summed E-state index contributed by atoms with van der Waals surface area (Å²) < 4.78 is 6.24. The number of hydrogen-bond donors (Lipinski definition) is 1. The summed E-state index contributed by atoms with van der Waals surface area (Å²) in [5.74, 6) is 0.767. The number of halogens is 1. The highest BCUT2D eigenvalue weighted by Crippen LogP contribution is 2.24. The zero-order valence-electron chi connectivity index (χ0n) is 11.7. The predicted molar refractivity (Wildman–Crippen MR) is 83.8 cm³/mol. The van der Waals surface area contributed by atoms with Crippen molar-refractivity contribution in [1.82, 2.24) is 10.2 Å². The van der Waals surface area contributed by atoms with Crippen LogP contribution in [0.5, 0.6) is 5.75 Å². The number of hydrogen-bond acceptors (Lipinski definition) is 3. The Labute approximate surface area is 127 Å². The molecule has 0 aliphatic carbocycles. The van der Waals surface area contributed by atoms with Gasteiger partial charge in [-0.25, -0.2) is 0 Å². The van der Waals surface area contributed by atoms with E-state index >= 15 is 0 Å². The van der Waals surface area contributed by atoms with Crippen molar-refractivity contribution < 1.29 is 9.53 Å².